The highest BCUT2D eigenvalue weighted by molar-refractivity contribution is 5.35. The number of aliphatic hydroxyl groups excluding tert-OH is 1. The lowest BCUT2D eigenvalue weighted by molar-refractivity contribution is 0.122. The van der Waals surface area contributed by atoms with E-state index in [1.165, 1.54) is 11.1 Å². The lowest BCUT2D eigenvalue weighted by Gasteiger charge is -2.14. The highest BCUT2D eigenvalue weighted by Gasteiger charge is 2.18. The molecule has 2 heteroatoms. The zero-order chi connectivity index (χ0) is 10.2. The minimum absolute atomic E-state index is 0.260. The highest BCUT2D eigenvalue weighted by atomic mass is 16.3. The van der Waals surface area contributed by atoms with Gasteiger partial charge in [-0.1, -0.05) is 13.8 Å². The van der Waals surface area contributed by atoms with E-state index in [9.17, 15) is 5.11 Å². The van der Waals surface area contributed by atoms with E-state index in [0.29, 0.717) is 0 Å². The second-order valence-corrected chi connectivity index (χ2v) is 4.10. The van der Waals surface area contributed by atoms with Crippen LogP contribution in [0.5, 0.6) is 0 Å². The van der Waals surface area contributed by atoms with Gasteiger partial charge in [-0.3, -0.25) is 0 Å². The molecule has 1 atom stereocenters. The predicted molar refractivity (Wildman–Crippen MR) is 54.8 cm³/mol. The van der Waals surface area contributed by atoms with E-state index in [4.69, 9.17) is 0 Å². The second-order valence-electron chi connectivity index (χ2n) is 4.10. The van der Waals surface area contributed by atoms with Crippen molar-refractivity contribution in [2.24, 2.45) is 5.92 Å². The summed E-state index contributed by atoms with van der Waals surface area (Å²) in [6, 6.07) is 0. The molecule has 1 heterocycles. The van der Waals surface area contributed by atoms with Gasteiger partial charge in [0, 0.05) is 11.4 Å². The molecule has 0 aliphatic carbocycles. The number of hydrogen-bond donors (Lipinski definition) is 2. The summed E-state index contributed by atoms with van der Waals surface area (Å²) in [5.74, 6) is 0.260. The molecule has 1 rings (SSSR count). The summed E-state index contributed by atoms with van der Waals surface area (Å²) in [4.78, 5) is 3.24. The van der Waals surface area contributed by atoms with Gasteiger partial charge in [-0.05, 0) is 37.8 Å². The van der Waals surface area contributed by atoms with E-state index in [2.05, 4.69) is 18.8 Å². The number of aryl methyl sites for hydroxylation is 1. The van der Waals surface area contributed by atoms with Gasteiger partial charge in [-0.2, -0.15) is 0 Å². The number of aliphatic hydroxyl groups is 1. The van der Waals surface area contributed by atoms with Crippen molar-refractivity contribution in [3.05, 3.63) is 22.5 Å². The van der Waals surface area contributed by atoms with Crippen LogP contribution in [0.2, 0.25) is 0 Å². The van der Waals surface area contributed by atoms with Gasteiger partial charge in [0.2, 0.25) is 0 Å². The fourth-order valence-corrected chi connectivity index (χ4v) is 1.50. The summed E-state index contributed by atoms with van der Waals surface area (Å²) < 4.78 is 0. The van der Waals surface area contributed by atoms with Crippen LogP contribution in [0.15, 0.2) is 0 Å². The number of rotatable bonds is 2. The van der Waals surface area contributed by atoms with Crippen LogP contribution in [0.1, 0.15) is 42.5 Å². The van der Waals surface area contributed by atoms with Crippen LogP contribution in [0, 0.1) is 26.7 Å². The molecular formula is C11H19NO. The smallest absolute Gasteiger partial charge is 0.0963 e. The average Bonchev–Trinajstić information content (AvgIpc) is 2.31. The number of H-pyrrole nitrogens is 1. The molecule has 0 aliphatic rings. The third-order valence-electron chi connectivity index (χ3n) is 2.78. The molecule has 0 amide bonds. The Bertz CT molecular complexity index is 299. The Morgan fingerprint density at radius 2 is 1.62 bits per heavy atom. The van der Waals surface area contributed by atoms with Crippen molar-refractivity contribution in [3.8, 4) is 0 Å². The van der Waals surface area contributed by atoms with Gasteiger partial charge >= 0.3 is 0 Å². The average molecular weight is 181 g/mol. The Labute approximate surface area is 80.0 Å². The minimum Gasteiger partial charge on any atom is -0.387 e. The molecule has 1 aromatic rings. The number of hydrogen-bond acceptors (Lipinski definition) is 1. The first-order valence-corrected chi connectivity index (χ1v) is 4.78. The summed E-state index contributed by atoms with van der Waals surface area (Å²) in [6.45, 7) is 10.2. The normalized spacial score (nSPS) is 13.8. The van der Waals surface area contributed by atoms with Crippen LogP contribution in [0.25, 0.3) is 0 Å². The first kappa shape index (κ1) is 10.3. The standard InChI is InChI=1S/C11H19NO/c1-6(2)11(13)10-8(4)7(3)9(5)12-10/h6,11-13H,1-5H3. The third-order valence-corrected chi connectivity index (χ3v) is 2.78. The molecule has 0 bridgehead atoms. The molecule has 0 aromatic carbocycles. The van der Waals surface area contributed by atoms with Crippen LogP contribution >= 0.6 is 0 Å². The minimum atomic E-state index is -0.368. The molecule has 74 valence electrons. The van der Waals surface area contributed by atoms with Crippen LogP contribution in [0.3, 0.4) is 0 Å². The molecule has 0 aliphatic heterocycles. The molecule has 1 unspecified atom stereocenters. The molecule has 0 fully saturated rings. The fourth-order valence-electron chi connectivity index (χ4n) is 1.50. The summed E-state index contributed by atoms with van der Waals surface area (Å²) in [5, 5.41) is 9.89. The van der Waals surface area contributed by atoms with E-state index in [0.717, 1.165) is 11.4 Å². The van der Waals surface area contributed by atoms with E-state index in [1.54, 1.807) is 0 Å². The van der Waals surface area contributed by atoms with E-state index < -0.39 is 0 Å². The molecule has 0 radical (unpaired) electrons. The first-order valence-electron chi connectivity index (χ1n) is 4.78. The van der Waals surface area contributed by atoms with E-state index in [-0.39, 0.29) is 12.0 Å². The first-order chi connectivity index (χ1) is 5.95. The fraction of sp³-hybridized carbons (Fsp3) is 0.636. The number of aromatic nitrogens is 1. The second kappa shape index (κ2) is 3.54. The number of aromatic amines is 1. The van der Waals surface area contributed by atoms with Crippen molar-refractivity contribution in [1.29, 1.82) is 0 Å². The van der Waals surface area contributed by atoms with Crippen molar-refractivity contribution >= 4 is 0 Å². The maximum atomic E-state index is 9.89. The van der Waals surface area contributed by atoms with Crippen molar-refractivity contribution in [2.75, 3.05) is 0 Å². The van der Waals surface area contributed by atoms with Crippen molar-refractivity contribution in [1.82, 2.24) is 4.98 Å². The lowest BCUT2D eigenvalue weighted by Crippen LogP contribution is -2.07. The Morgan fingerprint density at radius 3 is 1.92 bits per heavy atom. The van der Waals surface area contributed by atoms with Gasteiger partial charge < -0.3 is 10.1 Å². The molecule has 2 N–H and O–H groups in total. The van der Waals surface area contributed by atoms with E-state index >= 15 is 0 Å². The van der Waals surface area contributed by atoms with Crippen LogP contribution in [-0.2, 0) is 0 Å². The largest absolute Gasteiger partial charge is 0.387 e. The molecule has 0 saturated carbocycles. The number of nitrogens with one attached hydrogen (secondary N) is 1. The topological polar surface area (TPSA) is 36.0 Å². The monoisotopic (exact) mass is 181 g/mol. The highest BCUT2D eigenvalue weighted by Crippen LogP contribution is 2.26. The summed E-state index contributed by atoms with van der Waals surface area (Å²) in [6.07, 6.45) is -0.368. The van der Waals surface area contributed by atoms with Gasteiger partial charge in [0.15, 0.2) is 0 Å². The Hall–Kier alpha value is -0.760. The molecule has 13 heavy (non-hydrogen) atoms. The summed E-state index contributed by atoms with van der Waals surface area (Å²) >= 11 is 0. The van der Waals surface area contributed by atoms with Crippen LogP contribution in [0.4, 0.5) is 0 Å². The van der Waals surface area contributed by atoms with Gasteiger partial charge in [0.25, 0.3) is 0 Å². The molecular weight excluding hydrogens is 162 g/mol. The van der Waals surface area contributed by atoms with Crippen molar-refractivity contribution in [3.63, 3.8) is 0 Å². The van der Waals surface area contributed by atoms with E-state index in [1.807, 2.05) is 20.8 Å². The lowest BCUT2D eigenvalue weighted by atomic mass is 10.0. The van der Waals surface area contributed by atoms with Crippen LogP contribution in [-0.4, -0.2) is 10.1 Å². The summed E-state index contributed by atoms with van der Waals surface area (Å²) in [7, 11) is 0. The van der Waals surface area contributed by atoms with Crippen molar-refractivity contribution in [2.45, 2.75) is 40.7 Å². The molecule has 0 saturated heterocycles. The Balaban J connectivity index is 3.08. The molecule has 2 nitrogen and oxygen atoms in total. The third kappa shape index (κ3) is 1.78. The maximum absolute atomic E-state index is 9.89. The zero-order valence-corrected chi connectivity index (χ0v) is 9.10. The van der Waals surface area contributed by atoms with Gasteiger partial charge in [0.1, 0.15) is 0 Å². The Kier molecular flexibility index (Phi) is 2.81. The predicted octanol–water partition coefficient (Wildman–Crippen LogP) is 2.63. The van der Waals surface area contributed by atoms with Crippen LogP contribution < -0.4 is 0 Å². The van der Waals surface area contributed by atoms with Gasteiger partial charge in [0.05, 0.1) is 6.10 Å². The van der Waals surface area contributed by atoms with Gasteiger partial charge in [-0.25, -0.2) is 0 Å². The van der Waals surface area contributed by atoms with Gasteiger partial charge in [-0.15, -0.1) is 0 Å². The van der Waals surface area contributed by atoms with Crippen molar-refractivity contribution < 1.29 is 5.11 Å². The molecule has 0 spiro atoms. The summed E-state index contributed by atoms with van der Waals surface area (Å²) in [5.41, 5.74) is 4.59. The zero-order valence-electron chi connectivity index (χ0n) is 9.10. The maximum Gasteiger partial charge on any atom is 0.0963 e. The Morgan fingerprint density at radius 1 is 1.08 bits per heavy atom. The quantitative estimate of drug-likeness (QED) is 0.723. The SMILES string of the molecule is Cc1[nH]c(C(O)C(C)C)c(C)c1C. The molecule has 1 aromatic heterocycles.